The zero-order chi connectivity index (χ0) is 15.4. The molecule has 0 fully saturated rings. The summed E-state index contributed by atoms with van der Waals surface area (Å²) < 4.78 is 16.0. The van der Waals surface area contributed by atoms with Crippen LogP contribution in [0.3, 0.4) is 0 Å². The van der Waals surface area contributed by atoms with Gasteiger partial charge >= 0.3 is 5.97 Å². The molecule has 0 aliphatic heterocycles. The number of methoxy groups -OCH3 is 3. The van der Waals surface area contributed by atoms with Gasteiger partial charge < -0.3 is 19.3 Å². The summed E-state index contributed by atoms with van der Waals surface area (Å²) in [5.41, 5.74) is 1.25. The van der Waals surface area contributed by atoms with Gasteiger partial charge in [-0.2, -0.15) is 0 Å². The van der Waals surface area contributed by atoms with Gasteiger partial charge in [-0.1, -0.05) is 0 Å². The fourth-order valence-electron chi connectivity index (χ4n) is 1.94. The second-order valence-electron chi connectivity index (χ2n) is 4.10. The average Bonchev–Trinajstić information content (AvgIpc) is 2.92. The zero-order valence-corrected chi connectivity index (χ0v) is 12.7. The first-order chi connectivity index (χ1) is 10.1. The molecule has 0 bridgehead atoms. The van der Waals surface area contributed by atoms with Gasteiger partial charge in [0.25, 0.3) is 0 Å². The highest BCUT2D eigenvalue weighted by molar-refractivity contribution is 7.13. The largest absolute Gasteiger partial charge is 0.493 e. The van der Waals surface area contributed by atoms with Crippen molar-refractivity contribution in [3.8, 4) is 27.8 Å². The van der Waals surface area contributed by atoms with Crippen molar-refractivity contribution >= 4 is 17.3 Å². The number of aliphatic carboxylic acids is 1. The highest BCUT2D eigenvalue weighted by Gasteiger charge is 2.19. The zero-order valence-electron chi connectivity index (χ0n) is 11.9. The smallest absolute Gasteiger partial charge is 0.309 e. The van der Waals surface area contributed by atoms with E-state index in [4.69, 9.17) is 19.3 Å². The number of benzene rings is 1. The van der Waals surface area contributed by atoms with E-state index in [-0.39, 0.29) is 6.42 Å². The maximum Gasteiger partial charge on any atom is 0.309 e. The van der Waals surface area contributed by atoms with E-state index in [1.54, 1.807) is 18.6 Å². The lowest BCUT2D eigenvalue weighted by atomic mass is 10.1. The Balaban J connectivity index is 2.48. The topological polar surface area (TPSA) is 77.9 Å². The van der Waals surface area contributed by atoms with E-state index < -0.39 is 5.97 Å². The normalized spacial score (nSPS) is 10.2. The third-order valence-electron chi connectivity index (χ3n) is 2.82. The predicted octanol–water partition coefficient (Wildman–Crippen LogP) is 2.46. The van der Waals surface area contributed by atoms with E-state index >= 15 is 0 Å². The summed E-state index contributed by atoms with van der Waals surface area (Å²) in [6.45, 7) is 0. The molecule has 2 rings (SSSR count). The first kappa shape index (κ1) is 15.1. The van der Waals surface area contributed by atoms with E-state index in [1.807, 2.05) is 6.07 Å². The lowest BCUT2D eigenvalue weighted by Crippen LogP contribution is -2.00. The van der Waals surface area contributed by atoms with Crippen LogP contribution in [-0.2, 0) is 11.2 Å². The van der Waals surface area contributed by atoms with E-state index in [9.17, 15) is 4.79 Å². The second kappa shape index (κ2) is 6.45. The summed E-state index contributed by atoms with van der Waals surface area (Å²) in [7, 11) is 4.61. The average molecular weight is 309 g/mol. The molecule has 0 radical (unpaired) electrons. The Hall–Kier alpha value is -2.28. The number of thiazole rings is 1. The third kappa shape index (κ3) is 3.08. The van der Waals surface area contributed by atoms with Crippen LogP contribution < -0.4 is 14.2 Å². The van der Waals surface area contributed by atoms with Crippen LogP contribution >= 0.6 is 11.3 Å². The standard InChI is InChI=1S/C14H15NO5S/c1-18-10-5-4-9(12(19-2)13(10)20-3)14-15-8(7-21-14)6-11(16)17/h4-5,7H,6H2,1-3H3,(H,16,17). The quantitative estimate of drug-likeness (QED) is 0.883. The highest BCUT2D eigenvalue weighted by Crippen LogP contribution is 2.44. The minimum atomic E-state index is -0.911. The Morgan fingerprint density at radius 1 is 1.19 bits per heavy atom. The van der Waals surface area contributed by atoms with E-state index in [2.05, 4.69) is 4.98 Å². The molecule has 1 N–H and O–H groups in total. The summed E-state index contributed by atoms with van der Waals surface area (Å²) >= 11 is 1.36. The number of ether oxygens (including phenoxy) is 3. The monoisotopic (exact) mass is 309 g/mol. The van der Waals surface area contributed by atoms with Crippen molar-refractivity contribution in [2.24, 2.45) is 0 Å². The van der Waals surface area contributed by atoms with Crippen LogP contribution in [0.25, 0.3) is 10.6 Å². The minimum absolute atomic E-state index is 0.105. The summed E-state index contributed by atoms with van der Waals surface area (Å²) in [5, 5.41) is 11.2. The molecule has 1 aromatic heterocycles. The van der Waals surface area contributed by atoms with Crippen molar-refractivity contribution in [3.63, 3.8) is 0 Å². The van der Waals surface area contributed by atoms with Crippen molar-refractivity contribution in [2.45, 2.75) is 6.42 Å². The van der Waals surface area contributed by atoms with Gasteiger partial charge in [-0.15, -0.1) is 11.3 Å². The minimum Gasteiger partial charge on any atom is -0.493 e. The Bertz CT molecular complexity index is 653. The van der Waals surface area contributed by atoms with Gasteiger partial charge in [0.05, 0.1) is 39.0 Å². The molecular weight excluding hydrogens is 294 g/mol. The Labute approximate surface area is 125 Å². The Morgan fingerprint density at radius 2 is 1.90 bits per heavy atom. The van der Waals surface area contributed by atoms with Crippen LogP contribution in [0.1, 0.15) is 5.69 Å². The van der Waals surface area contributed by atoms with Crippen LogP contribution in [-0.4, -0.2) is 37.4 Å². The molecule has 0 spiro atoms. The SMILES string of the molecule is COc1ccc(-c2nc(CC(=O)O)cs2)c(OC)c1OC. The van der Waals surface area contributed by atoms with Crippen molar-refractivity contribution in [2.75, 3.05) is 21.3 Å². The molecule has 2 aromatic rings. The molecule has 1 heterocycles. The van der Waals surface area contributed by atoms with Crippen LogP contribution in [0.2, 0.25) is 0 Å². The molecule has 21 heavy (non-hydrogen) atoms. The van der Waals surface area contributed by atoms with Crippen molar-refractivity contribution < 1.29 is 24.1 Å². The molecular formula is C14H15NO5S. The molecule has 7 heteroatoms. The molecule has 6 nitrogen and oxygen atoms in total. The lowest BCUT2D eigenvalue weighted by molar-refractivity contribution is -0.136. The number of carboxylic acid groups (broad SMARTS) is 1. The Morgan fingerprint density at radius 3 is 2.48 bits per heavy atom. The number of carboxylic acids is 1. The van der Waals surface area contributed by atoms with Gasteiger partial charge in [-0.3, -0.25) is 4.79 Å². The molecule has 1 aromatic carbocycles. The molecule has 0 saturated carbocycles. The van der Waals surface area contributed by atoms with Gasteiger partial charge in [0.2, 0.25) is 5.75 Å². The molecule has 0 aliphatic carbocycles. The van der Waals surface area contributed by atoms with Gasteiger partial charge in [0.15, 0.2) is 11.5 Å². The van der Waals surface area contributed by atoms with Crippen molar-refractivity contribution in [1.29, 1.82) is 0 Å². The molecule has 112 valence electrons. The van der Waals surface area contributed by atoms with Gasteiger partial charge in [-0.25, -0.2) is 4.98 Å². The highest BCUT2D eigenvalue weighted by atomic mass is 32.1. The first-order valence-corrected chi connectivity index (χ1v) is 6.94. The number of nitrogens with zero attached hydrogens (tertiary/aromatic N) is 1. The van der Waals surface area contributed by atoms with Gasteiger partial charge in [-0.05, 0) is 12.1 Å². The molecule has 0 unspecified atom stereocenters. The summed E-state index contributed by atoms with van der Waals surface area (Å²) in [6, 6.07) is 3.57. The van der Waals surface area contributed by atoms with Crippen LogP contribution in [0.5, 0.6) is 17.2 Å². The number of hydrogen-bond acceptors (Lipinski definition) is 6. The molecule has 0 saturated heterocycles. The third-order valence-corrected chi connectivity index (χ3v) is 3.74. The first-order valence-electron chi connectivity index (χ1n) is 6.06. The summed E-state index contributed by atoms with van der Waals surface area (Å²) in [4.78, 5) is 15.0. The number of rotatable bonds is 6. The number of carbonyl (C=O) groups is 1. The maximum absolute atomic E-state index is 10.7. The summed E-state index contributed by atoms with van der Waals surface area (Å²) in [5.74, 6) is 0.632. The number of aromatic nitrogens is 1. The molecule has 0 amide bonds. The molecule has 0 atom stereocenters. The molecule has 0 aliphatic rings. The number of hydrogen-bond donors (Lipinski definition) is 1. The van der Waals surface area contributed by atoms with Crippen molar-refractivity contribution in [1.82, 2.24) is 4.98 Å². The van der Waals surface area contributed by atoms with Crippen LogP contribution in [0.4, 0.5) is 0 Å². The van der Waals surface area contributed by atoms with Crippen LogP contribution in [0, 0.1) is 0 Å². The van der Waals surface area contributed by atoms with E-state index in [1.165, 1.54) is 25.6 Å². The lowest BCUT2D eigenvalue weighted by Gasteiger charge is -2.14. The van der Waals surface area contributed by atoms with Crippen molar-refractivity contribution in [3.05, 3.63) is 23.2 Å². The summed E-state index contributed by atoms with van der Waals surface area (Å²) in [6.07, 6.45) is -0.105. The fourth-order valence-corrected chi connectivity index (χ4v) is 2.78. The van der Waals surface area contributed by atoms with Gasteiger partial charge in [0, 0.05) is 5.38 Å². The van der Waals surface area contributed by atoms with E-state index in [0.717, 1.165) is 5.56 Å². The second-order valence-corrected chi connectivity index (χ2v) is 4.95. The predicted molar refractivity (Wildman–Crippen MR) is 78.5 cm³/mol. The van der Waals surface area contributed by atoms with Gasteiger partial charge in [0.1, 0.15) is 5.01 Å². The van der Waals surface area contributed by atoms with Crippen LogP contribution in [0.15, 0.2) is 17.5 Å². The fraction of sp³-hybridized carbons (Fsp3) is 0.286. The Kier molecular flexibility index (Phi) is 4.64. The maximum atomic E-state index is 10.7. The van der Waals surface area contributed by atoms with E-state index in [0.29, 0.717) is 28.0 Å².